The van der Waals surface area contributed by atoms with Crippen LogP contribution in [0.1, 0.15) is 47.8 Å². The van der Waals surface area contributed by atoms with Gasteiger partial charge in [0, 0.05) is 5.56 Å². The molecule has 0 bridgehead atoms. The fourth-order valence-corrected chi connectivity index (χ4v) is 5.05. The molecule has 1 aromatic heterocycles. The van der Waals surface area contributed by atoms with E-state index in [4.69, 9.17) is 0 Å². The van der Waals surface area contributed by atoms with Crippen molar-refractivity contribution in [3.63, 3.8) is 0 Å². The van der Waals surface area contributed by atoms with Gasteiger partial charge in [-0.05, 0) is 67.8 Å². The lowest BCUT2D eigenvalue weighted by molar-refractivity contribution is 0.0925. The summed E-state index contributed by atoms with van der Waals surface area (Å²) in [5, 5.41) is 3.31. The number of rotatable bonds is 3. The van der Waals surface area contributed by atoms with E-state index in [1.54, 1.807) is 18.2 Å². The molecule has 4 aromatic rings. The molecule has 0 atom stereocenters. The number of carbonyl (C=O) groups excluding carboxylic acids is 3. The number of aryl methyl sites for hydroxylation is 3. The highest BCUT2D eigenvalue weighted by molar-refractivity contribution is 7.22. The second kappa shape index (κ2) is 7.39. The number of amides is 3. The first kappa shape index (κ1) is 20.1. The highest BCUT2D eigenvalue weighted by Gasteiger charge is 2.37. The van der Waals surface area contributed by atoms with Crippen molar-refractivity contribution >= 4 is 50.1 Å². The molecule has 0 spiro atoms. The third-order valence-electron chi connectivity index (χ3n) is 5.56. The van der Waals surface area contributed by atoms with Gasteiger partial charge < -0.3 is 0 Å². The van der Waals surface area contributed by atoms with Crippen LogP contribution < -0.4 is 10.2 Å². The van der Waals surface area contributed by atoms with Crippen molar-refractivity contribution in [2.24, 2.45) is 0 Å². The Morgan fingerprint density at radius 3 is 2.44 bits per heavy atom. The normalized spacial score (nSPS) is 13.0. The Morgan fingerprint density at radius 2 is 1.66 bits per heavy atom. The average Bonchev–Trinajstić information content (AvgIpc) is 3.27. The Bertz CT molecular complexity index is 1450. The molecule has 0 radical (unpaired) electrons. The molecule has 1 aliphatic rings. The molecule has 0 aliphatic carbocycles. The summed E-state index contributed by atoms with van der Waals surface area (Å²) in [4.78, 5) is 44.5. The molecule has 1 N–H and O–H groups in total. The van der Waals surface area contributed by atoms with E-state index >= 15 is 0 Å². The van der Waals surface area contributed by atoms with Gasteiger partial charge in [-0.15, -0.1) is 0 Å². The van der Waals surface area contributed by atoms with Crippen molar-refractivity contribution in [1.82, 2.24) is 4.98 Å². The third kappa shape index (κ3) is 3.18. The van der Waals surface area contributed by atoms with Crippen LogP contribution >= 0.6 is 11.3 Å². The van der Waals surface area contributed by atoms with Gasteiger partial charge in [-0.25, -0.2) is 9.88 Å². The summed E-state index contributed by atoms with van der Waals surface area (Å²) in [5.74, 6) is -1.20. The molecule has 0 saturated heterocycles. The minimum atomic E-state index is -0.431. The first-order valence-corrected chi connectivity index (χ1v) is 10.9. The van der Waals surface area contributed by atoms with E-state index in [1.807, 2.05) is 39.0 Å². The Labute approximate surface area is 188 Å². The number of nitrogens with zero attached hydrogens (tertiary/aromatic N) is 2. The Balaban J connectivity index is 1.45. The smallest absolute Gasteiger partial charge is 0.266 e. The lowest BCUT2D eigenvalue weighted by Crippen LogP contribution is -2.29. The molecular formula is C25H19N3O3S. The standard InChI is InChI=1S/C25H19N3O3S/c1-13-10-15(3)21-20(11-13)32-25(26-21)27-22(29)16-8-9-17-18(12-16)24(31)28(23(17)30)19-7-5-4-6-14(19)2/h4-12H,1-3H3,(H,26,27,29). The number of hydrogen-bond acceptors (Lipinski definition) is 5. The van der Waals surface area contributed by atoms with E-state index in [1.165, 1.54) is 28.4 Å². The molecule has 1 aliphatic heterocycles. The zero-order valence-corrected chi connectivity index (χ0v) is 18.5. The van der Waals surface area contributed by atoms with Gasteiger partial charge in [0.1, 0.15) is 0 Å². The number of fused-ring (bicyclic) bond motifs is 2. The Morgan fingerprint density at radius 1 is 0.906 bits per heavy atom. The highest BCUT2D eigenvalue weighted by atomic mass is 32.1. The molecule has 32 heavy (non-hydrogen) atoms. The zero-order valence-electron chi connectivity index (χ0n) is 17.7. The number of imide groups is 1. The molecule has 158 valence electrons. The van der Waals surface area contributed by atoms with Gasteiger partial charge in [0.2, 0.25) is 0 Å². The van der Waals surface area contributed by atoms with Crippen molar-refractivity contribution < 1.29 is 14.4 Å². The second-order valence-corrected chi connectivity index (χ2v) is 8.92. The lowest BCUT2D eigenvalue weighted by Gasteiger charge is -2.16. The van der Waals surface area contributed by atoms with Gasteiger partial charge in [0.05, 0.1) is 27.0 Å². The summed E-state index contributed by atoms with van der Waals surface area (Å²) >= 11 is 1.40. The van der Waals surface area contributed by atoms with Crippen LogP contribution in [0.4, 0.5) is 10.8 Å². The quantitative estimate of drug-likeness (QED) is 0.439. The third-order valence-corrected chi connectivity index (χ3v) is 6.47. The summed E-state index contributed by atoms with van der Waals surface area (Å²) < 4.78 is 1.00. The maximum atomic E-state index is 13.0. The van der Waals surface area contributed by atoms with Crippen LogP contribution in [-0.2, 0) is 0 Å². The summed E-state index contributed by atoms with van der Waals surface area (Å²) in [5.41, 5.74) is 5.23. The molecule has 6 nitrogen and oxygen atoms in total. The minimum absolute atomic E-state index is 0.224. The number of para-hydroxylation sites is 1. The van der Waals surface area contributed by atoms with Crippen LogP contribution in [0.2, 0.25) is 0 Å². The minimum Gasteiger partial charge on any atom is -0.298 e. The molecule has 0 saturated carbocycles. The van der Waals surface area contributed by atoms with E-state index in [-0.39, 0.29) is 17.4 Å². The fraction of sp³-hybridized carbons (Fsp3) is 0.120. The van der Waals surface area contributed by atoms with Crippen molar-refractivity contribution in [2.45, 2.75) is 20.8 Å². The molecule has 3 aromatic carbocycles. The number of aromatic nitrogens is 1. The monoisotopic (exact) mass is 441 g/mol. The van der Waals surface area contributed by atoms with Gasteiger partial charge in [0.15, 0.2) is 5.13 Å². The molecule has 7 heteroatoms. The second-order valence-electron chi connectivity index (χ2n) is 7.89. The van der Waals surface area contributed by atoms with E-state index in [9.17, 15) is 14.4 Å². The summed E-state index contributed by atoms with van der Waals surface area (Å²) in [6.07, 6.45) is 0. The van der Waals surface area contributed by atoms with Crippen LogP contribution in [0.5, 0.6) is 0 Å². The fourth-order valence-electron chi connectivity index (χ4n) is 4.01. The number of hydrogen-bond donors (Lipinski definition) is 1. The van der Waals surface area contributed by atoms with Crippen LogP contribution in [0.15, 0.2) is 54.6 Å². The molecule has 2 heterocycles. The summed E-state index contributed by atoms with van der Waals surface area (Å²) in [7, 11) is 0. The average molecular weight is 442 g/mol. The predicted octanol–water partition coefficient (Wildman–Crippen LogP) is 5.27. The molecule has 0 fully saturated rings. The van der Waals surface area contributed by atoms with Crippen LogP contribution in [0, 0.1) is 20.8 Å². The van der Waals surface area contributed by atoms with Crippen LogP contribution in [0.25, 0.3) is 10.2 Å². The number of nitrogens with one attached hydrogen (secondary N) is 1. The van der Waals surface area contributed by atoms with E-state index in [0.29, 0.717) is 21.9 Å². The van der Waals surface area contributed by atoms with Gasteiger partial charge in [0.25, 0.3) is 17.7 Å². The van der Waals surface area contributed by atoms with Crippen molar-refractivity contribution in [3.8, 4) is 0 Å². The summed E-state index contributed by atoms with van der Waals surface area (Å²) in [6, 6.07) is 15.9. The lowest BCUT2D eigenvalue weighted by atomic mass is 10.1. The van der Waals surface area contributed by atoms with Crippen LogP contribution in [-0.4, -0.2) is 22.7 Å². The zero-order chi connectivity index (χ0) is 22.6. The number of anilines is 2. The largest absolute Gasteiger partial charge is 0.298 e. The Kier molecular flexibility index (Phi) is 4.64. The maximum absolute atomic E-state index is 13.0. The van der Waals surface area contributed by atoms with Gasteiger partial charge in [-0.2, -0.15) is 0 Å². The van der Waals surface area contributed by atoms with Gasteiger partial charge in [-0.1, -0.05) is 35.6 Å². The van der Waals surface area contributed by atoms with Gasteiger partial charge in [-0.3, -0.25) is 19.7 Å². The van der Waals surface area contributed by atoms with Crippen molar-refractivity contribution in [1.29, 1.82) is 0 Å². The molecular weight excluding hydrogens is 422 g/mol. The molecule has 0 unspecified atom stereocenters. The van der Waals surface area contributed by atoms with Crippen LogP contribution in [0.3, 0.4) is 0 Å². The maximum Gasteiger partial charge on any atom is 0.266 e. The van der Waals surface area contributed by atoms with E-state index in [2.05, 4.69) is 16.4 Å². The number of carbonyl (C=O) groups is 3. The van der Waals surface area contributed by atoms with Crippen molar-refractivity contribution in [3.05, 3.63) is 88.0 Å². The van der Waals surface area contributed by atoms with E-state index < -0.39 is 5.91 Å². The topological polar surface area (TPSA) is 79.4 Å². The summed E-state index contributed by atoms with van der Waals surface area (Å²) in [6.45, 7) is 5.86. The van der Waals surface area contributed by atoms with Crippen molar-refractivity contribution in [2.75, 3.05) is 10.2 Å². The predicted molar refractivity (Wildman–Crippen MR) is 126 cm³/mol. The highest BCUT2D eigenvalue weighted by Crippen LogP contribution is 2.32. The molecule has 3 amide bonds. The SMILES string of the molecule is Cc1cc(C)c2nc(NC(=O)c3ccc4c(c3)C(=O)N(c3ccccc3C)C4=O)sc2c1. The van der Waals surface area contributed by atoms with E-state index in [0.717, 1.165) is 26.9 Å². The Hall–Kier alpha value is -3.84. The van der Waals surface area contributed by atoms with Gasteiger partial charge >= 0.3 is 0 Å². The number of thiazole rings is 1. The number of benzene rings is 3. The first-order valence-electron chi connectivity index (χ1n) is 10.1. The molecule has 5 rings (SSSR count). The first-order chi connectivity index (χ1) is 15.3.